The number of nitrogens with two attached hydrogens (primary N) is 1. The van der Waals surface area contributed by atoms with E-state index in [1.807, 2.05) is 25.6 Å². The summed E-state index contributed by atoms with van der Waals surface area (Å²) in [6.07, 6.45) is 5.07. The number of aryl methyl sites for hydroxylation is 3. The molecule has 130 valence electrons. The van der Waals surface area contributed by atoms with Crippen LogP contribution in [0.5, 0.6) is 0 Å². The molecular weight excluding hydrogens is 304 g/mol. The molecule has 4 N–H and O–H groups in total. The molecule has 2 heterocycles. The van der Waals surface area contributed by atoms with Crippen molar-refractivity contribution in [1.82, 2.24) is 25.4 Å². The molecule has 24 heavy (non-hydrogen) atoms. The molecule has 7 nitrogen and oxygen atoms in total. The van der Waals surface area contributed by atoms with Gasteiger partial charge in [0, 0.05) is 42.8 Å². The van der Waals surface area contributed by atoms with Crippen molar-refractivity contribution < 1.29 is 4.79 Å². The topological polar surface area (TPSA) is 97.9 Å². The third-order valence-electron chi connectivity index (χ3n) is 4.47. The second-order valence-corrected chi connectivity index (χ2v) is 6.73. The van der Waals surface area contributed by atoms with Crippen molar-refractivity contribution >= 4 is 22.8 Å². The van der Waals surface area contributed by atoms with Crippen LogP contribution in [0, 0.1) is 0 Å². The van der Waals surface area contributed by atoms with Gasteiger partial charge in [-0.05, 0) is 45.1 Å². The molecule has 0 aliphatic heterocycles. The Bertz CT molecular complexity index is 764. The summed E-state index contributed by atoms with van der Waals surface area (Å²) in [6.45, 7) is 4.44. The fourth-order valence-electron chi connectivity index (χ4n) is 3.43. The number of nitrogens with one attached hydrogen (secondary N) is 2. The van der Waals surface area contributed by atoms with Crippen molar-refractivity contribution in [3.63, 3.8) is 0 Å². The van der Waals surface area contributed by atoms with Gasteiger partial charge in [-0.25, -0.2) is 9.78 Å². The third kappa shape index (κ3) is 3.16. The van der Waals surface area contributed by atoms with E-state index >= 15 is 0 Å². The number of carbonyl (C=O) groups excluding carboxylic acids is 1. The molecular formula is C17H26N6O. The predicted molar refractivity (Wildman–Crippen MR) is 94.9 cm³/mol. The molecule has 0 atom stereocenters. The minimum absolute atomic E-state index is 0.125. The lowest BCUT2D eigenvalue weighted by Gasteiger charge is -2.17. The molecule has 1 aliphatic carbocycles. The van der Waals surface area contributed by atoms with Gasteiger partial charge in [-0.15, -0.1) is 0 Å². The number of hydrogen-bond donors (Lipinski definition) is 3. The van der Waals surface area contributed by atoms with Gasteiger partial charge in [0.05, 0.1) is 0 Å². The Morgan fingerprint density at radius 2 is 2.08 bits per heavy atom. The van der Waals surface area contributed by atoms with E-state index in [1.165, 1.54) is 12.0 Å². The largest absolute Gasteiger partial charge is 0.382 e. The van der Waals surface area contributed by atoms with Crippen molar-refractivity contribution in [2.45, 2.75) is 52.0 Å². The molecule has 0 unspecified atom stereocenters. The minimum Gasteiger partial charge on any atom is -0.382 e. The highest BCUT2D eigenvalue weighted by Gasteiger charge is 2.22. The number of pyridine rings is 1. The maximum atomic E-state index is 11.7. The minimum atomic E-state index is -0.139. The van der Waals surface area contributed by atoms with Crippen LogP contribution in [0.15, 0.2) is 0 Å². The molecule has 2 aromatic rings. The number of nitrogen functional groups attached to an aromatic ring is 1. The van der Waals surface area contributed by atoms with Crippen LogP contribution < -0.4 is 16.4 Å². The monoisotopic (exact) mass is 330 g/mol. The summed E-state index contributed by atoms with van der Waals surface area (Å²) in [6, 6.07) is -0.0138. The zero-order valence-electron chi connectivity index (χ0n) is 14.6. The number of carbonyl (C=O) groups is 1. The maximum Gasteiger partial charge on any atom is 0.314 e. The summed E-state index contributed by atoms with van der Waals surface area (Å²) in [5.41, 5.74) is 10.4. The van der Waals surface area contributed by atoms with Gasteiger partial charge in [-0.2, -0.15) is 5.10 Å². The van der Waals surface area contributed by atoms with Gasteiger partial charge in [0.2, 0.25) is 0 Å². The first kappa shape index (κ1) is 16.5. The van der Waals surface area contributed by atoms with Crippen molar-refractivity contribution in [3.05, 3.63) is 17.0 Å². The first-order valence-electron chi connectivity index (χ1n) is 8.64. The number of aromatic nitrogens is 3. The average Bonchev–Trinajstić information content (AvgIpc) is 2.85. The Labute approximate surface area is 142 Å². The Kier molecular flexibility index (Phi) is 4.59. The van der Waals surface area contributed by atoms with E-state index in [9.17, 15) is 4.79 Å². The summed E-state index contributed by atoms with van der Waals surface area (Å²) >= 11 is 0. The number of nitrogens with zero attached hydrogens (tertiary/aromatic N) is 3. The molecule has 3 rings (SSSR count). The van der Waals surface area contributed by atoms with Crippen LogP contribution in [0.4, 0.5) is 10.6 Å². The van der Waals surface area contributed by atoms with E-state index in [2.05, 4.69) is 20.7 Å². The van der Waals surface area contributed by atoms with Gasteiger partial charge in [0.1, 0.15) is 5.52 Å². The lowest BCUT2D eigenvalue weighted by Crippen LogP contribution is -2.40. The van der Waals surface area contributed by atoms with E-state index in [-0.39, 0.29) is 12.1 Å². The lowest BCUT2D eigenvalue weighted by atomic mass is 9.92. The van der Waals surface area contributed by atoms with Crippen molar-refractivity contribution in [1.29, 1.82) is 0 Å². The van der Waals surface area contributed by atoms with E-state index < -0.39 is 0 Å². The zero-order valence-corrected chi connectivity index (χ0v) is 14.6. The standard InChI is InChI=1S/C17H26N6O/c1-10(2)20-17(24)19-9-8-13-14-11-6-4-5-7-12(11)21-16(18)15(14)22-23(13)3/h10H,4-9H2,1-3H3,(H2,18,21)(H2,19,20,24). The van der Waals surface area contributed by atoms with Crippen LogP contribution in [0.25, 0.3) is 10.9 Å². The van der Waals surface area contributed by atoms with Crippen LogP contribution in [-0.2, 0) is 26.3 Å². The molecule has 2 aromatic heterocycles. The third-order valence-corrected chi connectivity index (χ3v) is 4.47. The predicted octanol–water partition coefficient (Wildman–Crippen LogP) is 1.68. The van der Waals surface area contributed by atoms with Crippen LogP contribution >= 0.6 is 0 Å². The molecule has 0 saturated carbocycles. The second kappa shape index (κ2) is 6.67. The molecule has 0 aromatic carbocycles. The van der Waals surface area contributed by atoms with Gasteiger partial charge >= 0.3 is 6.03 Å². The number of urea groups is 1. The zero-order chi connectivity index (χ0) is 17.3. The van der Waals surface area contributed by atoms with Gasteiger partial charge in [-0.3, -0.25) is 4.68 Å². The molecule has 0 radical (unpaired) electrons. The van der Waals surface area contributed by atoms with Gasteiger partial charge in [0.15, 0.2) is 5.82 Å². The fourth-order valence-corrected chi connectivity index (χ4v) is 3.43. The highest BCUT2D eigenvalue weighted by molar-refractivity contribution is 5.93. The summed E-state index contributed by atoms with van der Waals surface area (Å²) in [7, 11) is 1.93. The van der Waals surface area contributed by atoms with Crippen LogP contribution in [0.1, 0.15) is 43.6 Å². The molecule has 0 bridgehead atoms. The molecule has 7 heteroatoms. The van der Waals surface area contributed by atoms with E-state index in [0.717, 1.165) is 41.6 Å². The van der Waals surface area contributed by atoms with Crippen molar-refractivity contribution in [2.75, 3.05) is 12.3 Å². The maximum absolute atomic E-state index is 11.7. The Morgan fingerprint density at radius 3 is 2.83 bits per heavy atom. The van der Waals surface area contributed by atoms with Crippen LogP contribution in [0.2, 0.25) is 0 Å². The fraction of sp³-hybridized carbons (Fsp3) is 0.588. The Hall–Kier alpha value is -2.31. The molecule has 2 amide bonds. The molecule has 0 spiro atoms. The second-order valence-electron chi connectivity index (χ2n) is 6.73. The number of anilines is 1. The number of amides is 2. The normalized spacial score (nSPS) is 14.0. The highest BCUT2D eigenvalue weighted by Crippen LogP contribution is 2.32. The summed E-state index contributed by atoms with van der Waals surface area (Å²) < 4.78 is 1.87. The number of rotatable bonds is 4. The SMILES string of the molecule is CC(C)NC(=O)NCCc1c2c3c(nc(N)c2nn1C)CCCC3. The smallest absolute Gasteiger partial charge is 0.314 e. The quantitative estimate of drug-likeness (QED) is 0.794. The molecule has 1 aliphatic rings. The summed E-state index contributed by atoms with van der Waals surface area (Å²) in [5, 5.41) is 11.4. The van der Waals surface area contributed by atoms with Crippen LogP contribution in [-0.4, -0.2) is 33.4 Å². The Balaban J connectivity index is 1.86. The van der Waals surface area contributed by atoms with Gasteiger partial charge in [0.25, 0.3) is 0 Å². The first-order chi connectivity index (χ1) is 11.5. The number of fused-ring (bicyclic) bond motifs is 3. The van der Waals surface area contributed by atoms with E-state index in [1.54, 1.807) is 0 Å². The van der Waals surface area contributed by atoms with Gasteiger partial charge < -0.3 is 16.4 Å². The lowest BCUT2D eigenvalue weighted by molar-refractivity contribution is 0.238. The van der Waals surface area contributed by atoms with Crippen LogP contribution in [0.3, 0.4) is 0 Å². The highest BCUT2D eigenvalue weighted by atomic mass is 16.2. The summed E-state index contributed by atoms with van der Waals surface area (Å²) in [5.74, 6) is 0.512. The number of hydrogen-bond acceptors (Lipinski definition) is 4. The van der Waals surface area contributed by atoms with Crippen molar-refractivity contribution in [2.24, 2.45) is 7.05 Å². The average molecular weight is 330 g/mol. The Morgan fingerprint density at radius 1 is 1.33 bits per heavy atom. The molecule has 0 fully saturated rings. The molecule has 0 saturated heterocycles. The van der Waals surface area contributed by atoms with Gasteiger partial charge in [-0.1, -0.05) is 0 Å². The van der Waals surface area contributed by atoms with E-state index in [4.69, 9.17) is 5.73 Å². The first-order valence-corrected chi connectivity index (χ1v) is 8.64. The van der Waals surface area contributed by atoms with Crippen molar-refractivity contribution in [3.8, 4) is 0 Å². The summed E-state index contributed by atoms with van der Waals surface area (Å²) in [4.78, 5) is 16.3. The van der Waals surface area contributed by atoms with E-state index in [0.29, 0.717) is 18.8 Å².